The summed E-state index contributed by atoms with van der Waals surface area (Å²) in [5.74, 6) is 1.02. The van der Waals surface area contributed by atoms with Crippen LogP contribution in [0.4, 0.5) is 0 Å². The molecule has 25 heavy (non-hydrogen) atoms. The lowest BCUT2D eigenvalue weighted by Crippen LogP contribution is -2.44. The van der Waals surface area contributed by atoms with E-state index in [1.54, 1.807) is 0 Å². The van der Waals surface area contributed by atoms with Crippen LogP contribution in [0.5, 0.6) is 0 Å². The number of hydrogen-bond acceptors (Lipinski definition) is 3. The molecule has 0 spiro atoms. The maximum absolute atomic E-state index is 4.91. The van der Waals surface area contributed by atoms with Gasteiger partial charge in [-0.25, -0.2) is 0 Å². The Morgan fingerprint density at radius 1 is 1.00 bits per heavy atom. The molecule has 5 heteroatoms. The van der Waals surface area contributed by atoms with Crippen molar-refractivity contribution in [3.05, 3.63) is 0 Å². The van der Waals surface area contributed by atoms with Gasteiger partial charge >= 0.3 is 0 Å². The topological polar surface area (TPSA) is 42.9 Å². The second-order valence-electron chi connectivity index (χ2n) is 8.03. The summed E-state index contributed by atoms with van der Waals surface area (Å²) < 4.78 is 0. The minimum absolute atomic E-state index is 0.476. The highest BCUT2D eigenvalue weighted by Gasteiger charge is 2.31. The van der Waals surface area contributed by atoms with Crippen molar-refractivity contribution in [2.75, 3.05) is 59.4 Å². The number of guanidine groups is 1. The third-order valence-corrected chi connectivity index (χ3v) is 6.12. The molecular weight excluding hydrogens is 310 g/mol. The minimum atomic E-state index is 0.476. The van der Waals surface area contributed by atoms with Crippen molar-refractivity contribution < 1.29 is 0 Å². The van der Waals surface area contributed by atoms with Crippen molar-refractivity contribution >= 4 is 5.96 Å². The fourth-order valence-corrected chi connectivity index (χ4v) is 4.08. The molecule has 5 nitrogen and oxygen atoms in total. The predicted octanol–water partition coefficient (Wildman–Crippen LogP) is 2.54. The number of nitrogens with one attached hydrogen (secondary N) is 2. The van der Waals surface area contributed by atoms with E-state index in [9.17, 15) is 0 Å². The smallest absolute Gasteiger partial charge is 0.191 e. The molecule has 0 amide bonds. The van der Waals surface area contributed by atoms with Gasteiger partial charge in [-0.3, -0.25) is 4.99 Å². The van der Waals surface area contributed by atoms with Crippen LogP contribution in [0.2, 0.25) is 0 Å². The Bertz CT molecular complexity index is 382. The van der Waals surface area contributed by atoms with Gasteiger partial charge < -0.3 is 20.4 Å². The molecule has 1 saturated carbocycles. The first kappa shape index (κ1) is 20.5. The Kier molecular flexibility index (Phi) is 9.04. The number of rotatable bonds is 9. The summed E-state index contributed by atoms with van der Waals surface area (Å²) in [5.41, 5.74) is 0.476. The van der Waals surface area contributed by atoms with E-state index in [1.165, 1.54) is 77.7 Å². The fraction of sp³-hybridized carbons (Fsp3) is 0.950. The molecule has 0 radical (unpaired) electrons. The summed E-state index contributed by atoms with van der Waals surface area (Å²) in [6.45, 7) is 13.6. The van der Waals surface area contributed by atoms with Gasteiger partial charge in [-0.2, -0.15) is 0 Å². The van der Waals surface area contributed by atoms with Crippen LogP contribution in [0, 0.1) is 5.41 Å². The second-order valence-corrected chi connectivity index (χ2v) is 8.03. The van der Waals surface area contributed by atoms with E-state index in [1.807, 2.05) is 0 Å². The molecule has 1 heterocycles. The predicted molar refractivity (Wildman–Crippen MR) is 108 cm³/mol. The Morgan fingerprint density at radius 2 is 1.72 bits per heavy atom. The lowest BCUT2D eigenvalue weighted by Gasteiger charge is -2.32. The molecule has 1 saturated heterocycles. The largest absolute Gasteiger partial charge is 0.357 e. The van der Waals surface area contributed by atoms with Gasteiger partial charge in [0.1, 0.15) is 0 Å². The highest BCUT2D eigenvalue weighted by molar-refractivity contribution is 5.79. The van der Waals surface area contributed by atoms with Crippen molar-refractivity contribution in [3.8, 4) is 0 Å². The fourth-order valence-electron chi connectivity index (χ4n) is 4.08. The van der Waals surface area contributed by atoms with Crippen molar-refractivity contribution in [3.63, 3.8) is 0 Å². The first-order chi connectivity index (χ1) is 12.2. The van der Waals surface area contributed by atoms with E-state index in [-0.39, 0.29) is 0 Å². The van der Waals surface area contributed by atoms with Crippen molar-refractivity contribution in [1.29, 1.82) is 0 Å². The van der Waals surface area contributed by atoms with Crippen LogP contribution in [0.25, 0.3) is 0 Å². The van der Waals surface area contributed by atoms with Gasteiger partial charge in [-0.1, -0.05) is 19.8 Å². The number of aliphatic imine (C=N–C) groups is 1. The zero-order valence-corrected chi connectivity index (χ0v) is 16.9. The minimum Gasteiger partial charge on any atom is -0.357 e. The average Bonchev–Trinajstić information content (AvgIpc) is 3.10. The van der Waals surface area contributed by atoms with Gasteiger partial charge in [0, 0.05) is 45.8 Å². The number of nitrogens with zero attached hydrogens (tertiary/aromatic N) is 3. The van der Waals surface area contributed by atoms with Crippen LogP contribution in [0.15, 0.2) is 4.99 Å². The van der Waals surface area contributed by atoms with Crippen LogP contribution in [-0.2, 0) is 0 Å². The first-order valence-corrected chi connectivity index (χ1v) is 10.6. The lowest BCUT2D eigenvalue weighted by atomic mass is 9.84. The number of hydrogen-bond donors (Lipinski definition) is 2. The highest BCUT2D eigenvalue weighted by atomic mass is 15.2. The van der Waals surface area contributed by atoms with Crippen molar-refractivity contribution in [2.45, 2.75) is 58.8 Å². The zero-order valence-electron chi connectivity index (χ0n) is 16.9. The van der Waals surface area contributed by atoms with Gasteiger partial charge in [0.05, 0.1) is 0 Å². The molecule has 0 aromatic heterocycles. The molecular formula is C20H41N5. The average molecular weight is 352 g/mol. The summed E-state index contributed by atoms with van der Waals surface area (Å²) in [6.07, 6.45) is 9.25. The van der Waals surface area contributed by atoms with Gasteiger partial charge in [-0.15, -0.1) is 0 Å². The van der Waals surface area contributed by atoms with Gasteiger partial charge in [-0.05, 0) is 58.0 Å². The molecule has 0 unspecified atom stereocenters. The normalized spacial score (nSPS) is 22.3. The number of piperazine rings is 1. The van der Waals surface area contributed by atoms with E-state index in [0.29, 0.717) is 5.41 Å². The Labute approximate surface area is 155 Å². The molecule has 0 bridgehead atoms. The van der Waals surface area contributed by atoms with Crippen LogP contribution < -0.4 is 10.6 Å². The van der Waals surface area contributed by atoms with Crippen molar-refractivity contribution in [1.82, 2.24) is 20.4 Å². The summed E-state index contributed by atoms with van der Waals surface area (Å²) in [6, 6.07) is 0. The number of unbranched alkanes of at least 4 members (excludes halogenated alkanes) is 1. The zero-order chi connectivity index (χ0) is 18.0. The standard InChI is InChI=1S/C20H41N5/c1-4-20(10-6-7-11-20)18-23-19(21-5-2)22-12-8-9-13-25-16-14-24(3)15-17-25/h4-18H2,1-3H3,(H2,21,22,23). The molecule has 0 atom stereocenters. The summed E-state index contributed by atoms with van der Waals surface area (Å²) in [4.78, 5) is 9.94. The third-order valence-electron chi connectivity index (χ3n) is 6.12. The highest BCUT2D eigenvalue weighted by Crippen LogP contribution is 2.41. The maximum Gasteiger partial charge on any atom is 0.191 e. The quantitative estimate of drug-likeness (QED) is 0.381. The van der Waals surface area contributed by atoms with Gasteiger partial charge in [0.25, 0.3) is 0 Å². The van der Waals surface area contributed by atoms with Crippen LogP contribution in [0.3, 0.4) is 0 Å². The SMILES string of the molecule is CCNC(=NCC1(CC)CCCC1)NCCCCN1CCN(C)CC1. The molecule has 0 aromatic rings. The maximum atomic E-state index is 4.91. The molecule has 1 aliphatic carbocycles. The van der Waals surface area contributed by atoms with E-state index in [2.05, 4.69) is 41.3 Å². The summed E-state index contributed by atoms with van der Waals surface area (Å²) in [5, 5.41) is 6.96. The Morgan fingerprint density at radius 3 is 2.36 bits per heavy atom. The number of likely N-dealkylation sites (N-methyl/N-ethyl adjacent to an activating group) is 1. The Hall–Kier alpha value is -0.810. The molecule has 2 fully saturated rings. The van der Waals surface area contributed by atoms with Crippen molar-refractivity contribution in [2.24, 2.45) is 10.4 Å². The van der Waals surface area contributed by atoms with E-state index in [4.69, 9.17) is 4.99 Å². The van der Waals surface area contributed by atoms with E-state index >= 15 is 0 Å². The molecule has 2 aliphatic rings. The first-order valence-electron chi connectivity index (χ1n) is 10.6. The van der Waals surface area contributed by atoms with Crippen LogP contribution >= 0.6 is 0 Å². The van der Waals surface area contributed by atoms with Crippen LogP contribution in [-0.4, -0.2) is 75.2 Å². The molecule has 2 rings (SSSR count). The monoisotopic (exact) mass is 351 g/mol. The summed E-state index contributed by atoms with van der Waals surface area (Å²) in [7, 11) is 2.22. The third kappa shape index (κ3) is 7.14. The van der Waals surface area contributed by atoms with Gasteiger partial charge in [0.2, 0.25) is 0 Å². The van der Waals surface area contributed by atoms with Crippen LogP contribution in [0.1, 0.15) is 58.8 Å². The van der Waals surface area contributed by atoms with E-state index in [0.717, 1.165) is 25.6 Å². The summed E-state index contributed by atoms with van der Waals surface area (Å²) >= 11 is 0. The molecule has 0 aromatic carbocycles. The molecule has 2 N–H and O–H groups in total. The Balaban J connectivity index is 1.64. The second kappa shape index (κ2) is 11.0. The molecule has 1 aliphatic heterocycles. The lowest BCUT2D eigenvalue weighted by molar-refractivity contribution is 0.152. The van der Waals surface area contributed by atoms with E-state index < -0.39 is 0 Å². The molecule has 146 valence electrons. The van der Waals surface area contributed by atoms with Gasteiger partial charge in [0.15, 0.2) is 5.96 Å².